The predicted octanol–water partition coefficient (Wildman–Crippen LogP) is 2.10. The molecule has 0 saturated heterocycles. The van der Waals surface area contributed by atoms with Crippen molar-refractivity contribution < 1.29 is 18.9 Å². The van der Waals surface area contributed by atoms with E-state index < -0.39 is 21.5 Å². The van der Waals surface area contributed by atoms with E-state index in [1.165, 1.54) is 13.8 Å². The van der Waals surface area contributed by atoms with Crippen LogP contribution >= 0.6 is 0 Å². The van der Waals surface area contributed by atoms with Crippen molar-refractivity contribution in [2.24, 2.45) is 0 Å². The van der Waals surface area contributed by atoms with E-state index in [2.05, 4.69) is 0 Å². The average Bonchev–Trinajstić information content (AvgIpc) is 2.32. The summed E-state index contributed by atoms with van der Waals surface area (Å²) in [5, 5.41) is 8.97. The first kappa shape index (κ1) is 15.6. The minimum absolute atomic E-state index is 0.276. The molecule has 0 amide bonds. The Morgan fingerprint density at radius 1 is 1.21 bits per heavy atom. The number of carbonyl (C=O) groups excluding carboxylic acids is 1. The number of aliphatic carboxylic acids is 1. The van der Waals surface area contributed by atoms with Gasteiger partial charge in [-0.15, -0.1) is 0 Å². The van der Waals surface area contributed by atoms with Gasteiger partial charge in [0.05, 0.1) is 5.75 Å². The Bertz CT molecular complexity index is 546. The van der Waals surface area contributed by atoms with Gasteiger partial charge >= 0.3 is 5.97 Å². The Morgan fingerprint density at radius 2 is 1.79 bits per heavy atom. The minimum atomic E-state index is -1.75. The molecular weight excluding hydrogens is 264 g/mol. The number of carbonyl (C=O) groups is 2. The summed E-state index contributed by atoms with van der Waals surface area (Å²) in [7, 11) is -1.75. The SMILES string of the molecule is Cc1ccc(C(=O)CS(=O)C(C)(C)C(=O)O)cc1C. The molecule has 0 aromatic heterocycles. The van der Waals surface area contributed by atoms with Crippen molar-refractivity contribution in [2.75, 3.05) is 5.75 Å². The van der Waals surface area contributed by atoms with Gasteiger partial charge in [-0.2, -0.15) is 0 Å². The molecule has 19 heavy (non-hydrogen) atoms. The summed E-state index contributed by atoms with van der Waals surface area (Å²) < 4.78 is 10.5. The lowest BCUT2D eigenvalue weighted by molar-refractivity contribution is -0.139. The highest BCUT2D eigenvalue weighted by molar-refractivity contribution is 7.88. The molecular formula is C14H18O4S. The lowest BCUT2D eigenvalue weighted by Gasteiger charge is -2.17. The molecule has 0 aliphatic rings. The van der Waals surface area contributed by atoms with Gasteiger partial charge in [0, 0.05) is 16.4 Å². The lowest BCUT2D eigenvalue weighted by atomic mass is 10.0. The van der Waals surface area contributed by atoms with Gasteiger partial charge in [0.15, 0.2) is 5.78 Å². The summed E-state index contributed by atoms with van der Waals surface area (Å²) in [4.78, 5) is 23.0. The fraction of sp³-hybridized carbons (Fsp3) is 0.429. The fourth-order valence-electron chi connectivity index (χ4n) is 1.40. The molecule has 5 heteroatoms. The minimum Gasteiger partial charge on any atom is -0.480 e. The molecule has 0 bridgehead atoms. The Hall–Kier alpha value is -1.49. The Kier molecular flexibility index (Phi) is 4.63. The molecule has 0 fully saturated rings. The number of carboxylic acids is 1. The summed E-state index contributed by atoms with van der Waals surface area (Å²) in [6.45, 7) is 6.55. The quantitative estimate of drug-likeness (QED) is 0.839. The van der Waals surface area contributed by atoms with Crippen LogP contribution < -0.4 is 0 Å². The fourth-order valence-corrected chi connectivity index (χ4v) is 2.36. The highest BCUT2D eigenvalue weighted by atomic mass is 32.2. The third-order valence-corrected chi connectivity index (χ3v) is 5.01. The first-order valence-electron chi connectivity index (χ1n) is 5.88. The van der Waals surface area contributed by atoms with E-state index in [1.54, 1.807) is 12.1 Å². The van der Waals surface area contributed by atoms with E-state index in [4.69, 9.17) is 5.11 Å². The number of rotatable bonds is 5. The zero-order valence-corrected chi connectivity index (χ0v) is 12.3. The van der Waals surface area contributed by atoms with Gasteiger partial charge in [0.1, 0.15) is 4.75 Å². The molecule has 0 aliphatic carbocycles. The number of ketones is 1. The van der Waals surface area contributed by atoms with Crippen molar-refractivity contribution in [3.63, 3.8) is 0 Å². The molecule has 0 aliphatic heterocycles. The van der Waals surface area contributed by atoms with Crippen molar-refractivity contribution in [3.05, 3.63) is 34.9 Å². The first-order valence-corrected chi connectivity index (χ1v) is 7.20. The average molecular weight is 282 g/mol. The second-order valence-electron chi connectivity index (χ2n) is 5.03. The maximum atomic E-state index is 12.0. The molecule has 1 rings (SSSR count). The third kappa shape index (κ3) is 3.50. The summed E-state index contributed by atoms with van der Waals surface area (Å²) >= 11 is 0. The van der Waals surface area contributed by atoms with Crippen LogP contribution in [0.4, 0.5) is 0 Å². The molecule has 0 radical (unpaired) electrons. The first-order chi connectivity index (χ1) is 8.66. The molecule has 0 saturated carbocycles. The molecule has 1 aromatic rings. The monoisotopic (exact) mass is 282 g/mol. The maximum Gasteiger partial charge on any atom is 0.321 e. The molecule has 4 nitrogen and oxygen atoms in total. The number of hydrogen-bond donors (Lipinski definition) is 1. The van der Waals surface area contributed by atoms with Crippen LogP contribution in [0.3, 0.4) is 0 Å². The topological polar surface area (TPSA) is 71.4 Å². The molecule has 1 unspecified atom stereocenters. The molecule has 1 atom stereocenters. The van der Waals surface area contributed by atoms with E-state index >= 15 is 0 Å². The van der Waals surface area contributed by atoms with Crippen LogP contribution in [0.2, 0.25) is 0 Å². The van der Waals surface area contributed by atoms with Crippen molar-refractivity contribution in [2.45, 2.75) is 32.4 Å². The molecule has 0 spiro atoms. The van der Waals surface area contributed by atoms with Crippen molar-refractivity contribution >= 4 is 22.6 Å². The number of hydrogen-bond acceptors (Lipinski definition) is 3. The Morgan fingerprint density at radius 3 is 2.26 bits per heavy atom. The zero-order chi connectivity index (χ0) is 14.8. The van der Waals surface area contributed by atoms with Gasteiger partial charge in [-0.25, -0.2) is 0 Å². The standard InChI is InChI=1S/C14H18O4S/c1-9-5-6-11(7-10(9)2)12(15)8-19(18)14(3,4)13(16)17/h5-7H,8H2,1-4H3,(H,16,17). The van der Waals surface area contributed by atoms with Gasteiger partial charge in [-0.05, 0) is 44.9 Å². The smallest absolute Gasteiger partial charge is 0.321 e. The maximum absolute atomic E-state index is 12.0. The van der Waals surface area contributed by atoms with E-state index in [0.29, 0.717) is 5.56 Å². The van der Waals surface area contributed by atoms with Crippen LogP contribution in [0.25, 0.3) is 0 Å². The summed E-state index contributed by atoms with van der Waals surface area (Å²) in [5.41, 5.74) is 2.52. The number of aryl methyl sites for hydroxylation is 2. The van der Waals surface area contributed by atoms with Gasteiger partial charge in [-0.3, -0.25) is 13.8 Å². The summed E-state index contributed by atoms with van der Waals surface area (Å²) in [6.07, 6.45) is 0. The largest absolute Gasteiger partial charge is 0.480 e. The van der Waals surface area contributed by atoms with Crippen molar-refractivity contribution in [1.82, 2.24) is 0 Å². The van der Waals surface area contributed by atoms with Crippen LogP contribution in [-0.2, 0) is 15.6 Å². The van der Waals surface area contributed by atoms with E-state index in [0.717, 1.165) is 11.1 Å². The van der Waals surface area contributed by atoms with Crippen molar-refractivity contribution in [3.8, 4) is 0 Å². The molecule has 1 aromatic carbocycles. The van der Waals surface area contributed by atoms with Crippen LogP contribution in [0, 0.1) is 13.8 Å². The summed E-state index contributed by atoms with van der Waals surface area (Å²) in [5.74, 6) is -1.74. The second kappa shape index (κ2) is 5.65. The number of carboxylic acid groups (broad SMARTS) is 1. The van der Waals surface area contributed by atoms with E-state index in [9.17, 15) is 13.8 Å². The second-order valence-corrected chi connectivity index (χ2v) is 7.03. The highest BCUT2D eigenvalue weighted by Gasteiger charge is 2.35. The molecule has 0 heterocycles. The molecule has 104 valence electrons. The highest BCUT2D eigenvalue weighted by Crippen LogP contribution is 2.16. The van der Waals surface area contributed by atoms with Crippen LogP contribution in [0.1, 0.15) is 35.3 Å². The van der Waals surface area contributed by atoms with E-state index in [1.807, 2.05) is 19.9 Å². The van der Waals surface area contributed by atoms with Crippen LogP contribution in [-0.4, -0.2) is 31.6 Å². The van der Waals surface area contributed by atoms with Gasteiger partial charge in [0.25, 0.3) is 0 Å². The number of benzene rings is 1. The van der Waals surface area contributed by atoms with Gasteiger partial charge < -0.3 is 5.11 Å². The Labute approximate surface area is 115 Å². The Balaban J connectivity index is 2.89. The predicted molar refractivity (Wildman–Crippen MR) is 75.0 cm³/mol. The zero-order valence-electron chi connectivity index (χ0n) is 11.5. The van der Waals surface area contributed by atoms with Gasteiger partial charge in [0.2, 0.25) is 0 Å². The van der Waals surface area contributed by atoms with Gasteiger partial charge in [-0.1, -0.05) is 12.1 Å². The third-order valence-electron chi connectivity index (χ3n) is 3.18. The summed E-state index contributed by atoms with van der Waals surface area (Å²) in [6, 6.07) is 5.24. The lowest BCUT2D eigenvalue weighted by Crippen LogP contribution is -2.39. The van der Waals surface area contributed by atoms with Crippen LogP contribution in [0.5, 0.6) is 0 Å². The molecule has 1 N–H and O–H groups in total. The van der Waals surface area contributed by atoms with Crippen molar-refractivity contribution in [1.29, 1.82) is 0 Å². The van der Waals surface area contributed by atoms with Crippen LogP contribution in [0.15, 0.2) is 18.2 Å². The normalized spacial score (nSPS) is 13.1. The number of Topliss-reactive ketones (excluding diaryl/α,β-unsaturated/α-hetero) is 1. The van der Waals surface area contributed by atoms with E-state index in [-0.39, 0.29) is 11.5 Å².